The highest BCUT2D eigenvalue weighted by Crippen LogP contribution is 2.12. The summed E-state index contributed by atoms with van der Waals surface area (Å²) in [6.45, 7) is 2.04. The molecule has 26 heavy (non-hydrogen) atoms. The van der Waals surface area contributed by atoms with Crippen LogP contribution in [-0.4, -0.2) is 41.5 Å². The minimum absolute atomic E-state index is 0.0297. The number of ether oxygens (including phenoxy) is 1. The molecule has 140 valence electrons. The van der Waals surface area contributed by atoms with E-state index in [-0.39, 0.29) is 30.4 Å². The topological polar surface area (TPSA) is 78.8 Å². The fraction of sp³-hybridized carbons (Fsp3) is 0.381. The second-order valence-corrected chi connectivity index (χ2v) is 6.45. The first kappa shape index (κ1) is 19.9. The van der Waals surface area contributed by atoms with Crippen LogP contribution in [0.25, 0.3) is 0 Å². The molecule has 2 rings (SSSR count). The molecular weight excluding hydrogens is 330 g/mol. The summed E-state index contributed by atoms with van der Waals surface area (Å²) in [4.78, 5) is 12.3. The van der Waals surface area contributed by atoms with Gasteiger partial charge in [0.2, 0.25) is 5.91 Å². The number of aromatic hydroxyl groups is 1. The normalized spacial score (nSPS) is 13.2. The van der Waals surface area contributed by atoms with Crippen LogP contribution >= 0.6 is 0 Å². The van der Waals surface area contributed by atoms with Crippen LogP contribution in [0, 0.1) is 0 Å². The predicted octanol–water partition coefficient (Wildman–Crippen LogP) is 2.45. The Kier molecular flexibility index (Phi) is 8.12. The number of phenolic OH excluding ortho intramolecular Hbond substituents is 1. The number of amides is 1. The highest BCUT2D eigenvalue weighted by Gasteiger charge is 2.15. The van der Waals surface area contributed by atoms with E-state index in [1.54, 1.807) is 19.1 Å². The third-order valence-corrected chi connectivity index (χ3v) is 4.11. The van der Waals surface area contributed by atoms with Crippen LogP contribution in [0.3, 0.4) is 0 Å². The van der Waals surface area contributed by atoms with Gasteiger partial charge in [-0.05, 0) is 43.0 Å². The van der Waals surface area contributed by atoms with Gasteiger partial charge in [-0.25, -0.2) is 0 Å². The molecule has 5 nitrogen and oxygen atoms in total. The van der Waals surface area contributed by atoms with Crippen LogP contribution in [0.2, 0.25) is 0 Å². The first-order valence-electron chi connectivity index (χ1n) is 8.90. The fourth-order valence-corrected chi connectivity index (χ4v) is 2.60. The number of hydrogen-bond acceptors (Lipinski definition) is 4. The van der Waals surface area contributed by atoms with E-state index in [2.05, 4.69) is 5.32 Å². The number of aliphatic hydroxyl groups excluding tert-OH is 1. The lowest BCUT2D eigenvalue weighted by atomic mass is 10.1. The summed E-state index contributed by atoms with van der Waals surface area (Å²) in [5, 5.41) is 21.5. The van der Waals surface area contributed by atoms with E-state index in [4.69, 9.17) is 9.84 Å². The molecule has 0 fully saturated rings. The Balaban J connectivity index is 1.91. The Morgan fingerprint density at radius 1 is 1.08 bits per heavy atom. The van der Waals surface area contributed by atoms with Gasteiger partial charge < -0.3 is 20.3 Å². The molecule has 1 amide bonds. The first-order chi connectivity index (χ1) is 12.6. The lowest BCUT2D eigenvalue weighted by molar-refractivity contribution is -0.122. The van der Waals surface area contributed by atoms with Gasteiger partial charge in [-0.1, -0.05) is 42.5 Å². The molecule has 0 spiro atoms. The third kappa shape index (κ3) is 7.25. The van der Waals surface area contributed by atoms with Crippen molar-refractivity contribution in [3.8, 4) is 5.75 Å². The summed E-state index contributed by atoms with van der Waals surface area (Å²) < 4.78 is 5.60. The standard InChI is InChI=1S/C21H27NO4/c1-16(14-23)26-15-19(13-18-7-10-20(24)11-8-18)22-21(25)12-9-17-5-3-2-4-6-17/h2-8,10-11,16,19,23-24H,9,12-15H2,1H3,(H,22,25)/t16-,19?/m0/s1. The summed E-state index contributed by atoms with van der Waals surface area (Å²) in [5.74, 6) is 0.181. The van der Waals surface area contributed by atoms with Crippen molar-refractivity contribution in [1.29, 1.82) is 0 Å². The van der Waals surface area contributed by atoms with Gasteiger partial charge in [0.1, 0.15) is 5.75 Å². The van der Waals surface area contributed by atoms with Gasteiger partial charge in [-0.3, -0.25) is 4.79 Å². The number of nitrogens with one attached hydrogen (secondary N) is 1. The number of aliphatic hydroxyl groups is 1. The van der Waals surface area contributed by atoms with Crippen LogP contribution in [0.1, 0.15) is 24.5 Å². The number of phenols is 1. The summed E-state index contributed by atoms with van der Waals surface area (Å²) in [7, 11) is 0. The molecule has 5 heteroatoms. The van der Waals surface area contributed by atoms with Crippen LogP contribution in [0.15, 0.2) is 54.6 Å². The largest absolute Gasteiger partial charge is 0.508 e. The molecule has 0 saturated heterocycles. The van der Waals surface area contributed by atoms with Gasteiger partial charge in [0.15, 0.2) is 0 Å². The molecule has 0 aliphatic carbocycles. The molecule has 3 N–H and O–H groups in total. The molecule has 0 saturated carbocycles. The molecule has 0 aliphatic rings. The lowest BCUT2D eigenvalue weighted by Crippen LogP contribution is -2.41. The zero-order valence-electron chi connectivity index (χ0n) is 15.1. The highest BCUT2D eigenvalue weighted by molar-refractivity contribution is 5.76. The minimum Gasteiger partial charge on any atom is -0.508 e. The fourth-order valence-electron chi connectivity index (χ4n) is 2.60. The van der Waals surface area contributed by atoms with Crippen molar-refractivity contribution in [3.05, 3.63) is 65.7 Å². The number of benzene rings is 2. The lowest BCUT2D eigenvalue weighted by Gasteiger charge is -2.21. The highest BCUT2D eigenvalue weighted by atomic mass is 16.5. The van der Waals surface area contributed by atoms with E-state index in [9.17, 15) is 9.90 Å². The Morgan fingerprint density at radius 2 is 1.77 bits per heavy atom. The second-order valence-electron chi connectivity index (χ2n) is 6.45. The number of rotatable bonds is 10. The monoisotopic (exact) mass is 357 g/mol. The number of hydrogen-bond donors (Lipinski definition) is 3. The van der Waals surface area contributed by atoms with Crippen LogP contribution in [-0.2, 0) is 22.4 Å². The molecule has 0 radical (unpaired) electrons. The van der Waals surface area contributed by atoms with Gasteiger partial charge in [0.05, 0.1) is 25.4 Å². The van der Waals surface area contributed by atoms with Gasteiger partial charge in [-0.15, -0.1) is 0 Å². The molecule has 0 aromatic heterocycles. The predicted molar refractivity (Wildman–Crippen MR) is 101 cm³/mol. The molecule has 0 heterocycles. The molecule has 2 aromatic rings. The zero-order valence-corrected chi connectivity index (χ0v) is 15.1. The summed E-state index contributed by atoms with van der Waals surface area (Å²) >= 11 is 0. The van der Waals surface area contributed by atoms with Crippen LogP contribution in [0.5, 0.6) is 5.75 Å². The van der Waals surface area contributed by atoms with Gasteiger partial charge >= 0.3 is 0 Å². The van der Waals surface area contributed by atoms with E-state index in [1.165, 1.54) is 0 Å². The van der Waals surface area contributed by atoms with E-state index < -0.39 is 0 Å². The SMILES string of the molecule is C[C@@H](CO)OCC(Cc1ccc(O)cc1)NC(=O)CCc1ccccc1. The Hall–Kier alpha value is -2.37. The van der Waals surface area contributed by atoms with Gasteiger partial charge in [0, 0.05) is 6.42 Å². The van der Waals surface area contributed by atoms with Crippen molar-refractivity contribution in [2.75, 3.05) is 13.2 Å². The summed E-state index contributed by atoms with van der Waals surface area (Å²) in [5.41, 5.74) is 2.12. The number of carbonyl (C=O) groups is 1. The molecule has 2 atom stereocenters. The van der Waals surface area contributed by atoms with Crippen molar-refractivity contribution >= 4 is 5.91 Å². The Bertz CT molecular complexity index is 657. The maximum Gasteiger partial charge on any atom is 0.220 e. The van der Waals surface area contributed by atoms with Crippen molar-refractivity contribution in [1.82, 2.24) is 5.32 Å². The quantitative estimate of drug-likeness (QED) is 0.610. The number of aryl methyl sites for hydroxylation is 1. The van der Waals surface area contributed by atoms with Crippen LogP contribution < -0.4 is 5.32 Å². The van der Waals surface area contributed by atoms with E-state index >= 15 is 0 Å². The summed E-state index contributed by atoms with van der Waals surface area (Å²) in [6, 6.07) is 16.6. The van der Waals surface area contributed by atoms with E-state index in [0.717, 1.165) is 11.1 Å². The minimum atomic E-state index is -0.279. The smallest absolute Gasteiger partial charge is 0.220 e. The third-order valence-electron chi connectivity index (χ3n) is 4.11. The number of carbonyl (C=O) groups excluding carboxylic acids is 1. The second kappa shape index (κ2) is 10.6. The Morgan fingerprint density at radius 3 is 2.42 bits per heavy atom. The van der Waals surface area contributed by atoms with Crippen molar-refractivity contribution in [2.24, 2.45) is 0 Å². The average molecular weight is 357 g/mol. The molecular formula is C21H27NO4. The molecule has 1 unspecified atom stereocenters. The first-order valence-corrected chi connectivity index (χ1v) is 8.90. The molecule has 2 aromatic carbocycles. The van der Waals surface area contributed by atoms with Crippen molar-refractivity contribution < 1.29 is 19.7 Å². The molecule has 0 bridgehead atoms. The molecule has 0 aliphatic heterocycles. The van der Waals surface area contributed by atoms with Crippen molar-refractivity contribution in [2.45, 2.75) is 38.3 Å². The maximum atomic E-state index is 12.3. The Labute approximate surface area is 154 Å². The zero-order chi connectivity index (χ0) is 18.8. The maximum absolute atomic E-state index is 12.3. The average Bonchev–Trinajstić information content (AvgIpc) is 2.66. The van der Waals surface area contributed by atoms with E-state index in [0.29, 0.717) is 25.9 Å². The van der Waals surface area contributed by atoms with Crippen molar-refractivity contribution in [3.63, 3.8) is 0 Å². The summed E-state index contributed by atoms with van der Waals surface area (Å²) in [6.07, 6.45) is 1.41. The van der Waals surface area contributed by atoms with Gasteiger partial charge in [-0.2, -0.15) is 0 Å². The van der Waals surface area contributed by atoms with Crippen LogP contribution in [0.4, 0.5) is 0 Å². The van der Waals surface area contributed by atoms with Gasteiger partial charge in [0.25, 0.3) is 0 Å². The van der Waals surface area contributed by atoms with E-state index in [1.807, 2.05) is 42.5 Å².